The highest BCUT2D eigenvalue weighted by Crippen LogP contribution is 2.23. The van der Waals surface area contributed by atoms with Crippen LogP contribution in [-0.2, 0) is 4.79 Å². The molecule has 0 aliphatic carbocycles. The number of hydrogen-bond acceptors (Lipinski definition) is 1. The number of carbonyl (C=O) groups is 1. The molecule has 0 spiro atoms. The molecular formula is C17H25NO. The summed E-state index contributed by atoms with van der Waals surface area (Å²) < 4.78 is 0. The summed E-state index contributed by atoms with van der Waals surface area (Å²) in [5.74, 6) is -0.0204. The number of rotatable bonds is 4. The van der Waals surface area contributed by atoms with E-state index in [1.54, 1.807) is 0 Å². The minimum absolute atomic E-state index is 0.00130. The molecule has 1 aromatic carbocycles. The normalized spacial score (nSPS) is 11.4. The van der Waals surface area contributed by atoms with Gasteiger partial charge in [0.25, 0.3) is 0 Å². The van der Waals surface area contributed by atoms with Crippen LogP contribution in [0.15, 0.2) is 30.9 Å². The fourth-order valence-corrected chi connectivity index (χ4v) is 1.90. The van der Waals surface area contributed by atoms with Crippen LogP contribution in [0.3, 0.4) is 0 Å². The van der Waals surface area contributed by atoms with Crippen LogP contribution in [0.25, 0.3) is 12.2 Å². The van der Waals surface area contributed by atoms with Crippen molar-refractivity contribution in [3.05, 3.63) is 47.5 Å². The van der Waals surface area contributed by atoms with E-state index in [2.05, 4.69) is 11.9 Å². The van der Waals surface area contributed by atoms with Crippen molar-refractivity contribution < 1.29 is 4.79 Å². The molecule has 0 saturated heterocycles. The third-order valence-corrected chi connectivity index (χ3v) is 2.61. The fourth-order valence-electron chi connectivity index (χ4n) is 1.90. The van der Waals surface area contributed by atoms with Crippen LogP contribution in [0.4, 0.5) is 0 Å². The average molecular weight is 259 g/mol. The summed E-state index contributed by atoms with van der Waals surface area (Å²) in [5.41, 5.74) is 3.31. The van der Waals surface area contributed by atoms with E-state index in [9.17, 15) is 4.79 Å². The molecule has 0 bridgehead atoms. The van der Waals surface area contributed by atoms with Crippen molar-refractivity contribution in [1.29, 1.82) is 0 Å². The Hall–Kier alpha value is -1.83. The van der Waals surface area contributed by atoms with Crippen molar-refractivity contribution in [2.45, 2.75) is 40.7 Å². The Bertz CT molecular complexity index is 447. The van der Waals surface area contributed by atoms with E-state index in [0.717, 1.165) is 16.7 Å². The van der Waals surface area contributed by atoms with Gasteiger partial charge < -0.3 is 5.32 Å². The van der Waals surface area contributed by atoms with Gasteiger partial charge in [-0.1, -0.05) is 56.9 Å². The van der Waals surface area contributed by atoms with Gasteiger partial charge in [0, 0.05) is 6.92 Å². The molecule has 2 heteroatoms. The van der Waals surface area contributed by atoms with E-state index >= 15 is 0 Å². The third kappa shape index (κ3) is 5.12. The molecule has 1 amide bonds. The van der Waals surface area contributed by atoms with Crippen LogP contribution in [0.1, 0.15) is 57.4 Å². The quantitative estimate of drug-likeness (QED) is 0.842. The van der Waals surface area contributed by atoms with Crippen LogP contribution < -0.4 is 5.32 Å². The molecule has 0 heterocycles. The topological polar surface area (TPSA) is 29.1 Å². The summed E-state index contributed by atoms with van der Waals surface area (Å²) in [6.07, 6.45) is 5.87. The molecule has 2 nitrogen and oxygen atoms in total. The predicted octanol–water partition coefficient (Wildman–Crippen LogP) is 4.59. The van der Waals surface area contributed by atoms with Crippen LogP contribution >= 0.6 is 0 Å². The van der Waals surface area contributed by atoms with Gasteiger partial charge in [-0.15, -0.1) is 0 Å². The smallest absolute Gasteiger partial charge is 0.217 e. The van der Waals surface area contributed by atoms with Crippen LogP contribution in [0.2, 0.25) is 0 Å². The lowest BCUT2D eigenvalue weighted by Gasteiger charge is -2.17. The molecule has 0 saturated carbocycles. The van der Waals surface area contributed by atoms with E-state index in [0.29, 0.717) is 0 Å². The van der Waals surface area contributed by atoms with Gasteiger partial charge in [0.2, 0.25) is 5.91 Å². The largest absolute Gasteiger partial charge is 0.350 e. The highest BCUT2D eigenvalue weighted by atomic mass is 16.1. The van der Waals surface area contributed by atoms with Gasteiger partial charge in [0.15, 0.2) is 0 Å². The van der Waals surface area contributed by atoms with Gasteiger partial charge in [-0.25, -0.2) is 0 Å². The molecule has 1 aromatic rings. The zero-order chi connectivity index (χ0) is 14.8. The van der Waals surface area contributed by atoms with Crippen molar-refractivity contribution >= 4 is 18.1 Å². The zero-order valence-electron chi connectivity index (χ0n) is 12.7. The molecule has 19 heavy (non-hydrogen) atoms. The summed E-state index contributed by atoms with van der Waals surface area (Å²) in [6, 6.07) is 6.03. The molecule has 0 aliphatic heterocycles. The van der Waals surface area contributed by atoms with Crippen LogP contribution in [0, 0.1) is 0 Å². The molecule has 0 fully saturated rings. The Kier molecular flexibility index (Phi) is 8.27. The number of hydrogen-bond donors (Lipinski definition) is 1. The molecule has 0 aliphatic rings. The zero-order valence-corrected chi connectivity index (χ0v) is 12.7. The maximum absolute atomic E-state index is 11.1. The molecule has 1 N–H and O–H groups in total. The summed E-state index contributed by atoms with van der Waals surface area (Å²) in [4.78, 5) is 11.1. The monoisotopic (exact) mass is 259 g/mol. The molecular weight excluding hydrogens is 234 g/mol. The van der Waals surface area contributed by atoms with E-state index < -0.39 is 0 Å². The van der Waals surface area contributed by atoms with Gasteiger partial charge in [-0.2, -0.15) is 0 Å². The SMILES string of the molecule is C=Cc1cccc(C(C)NC(C)=O)c1/C=C\C.CC. The molecule has 1 atom stereocenters. The Morgan fingerprint density at radius 3 is 2.47 bits per heavy atom. The second kappa shape index (κ2) is 9.15. The molecule has 0 aromatic heterocycles. The Labute approximate surface area is 117 Å². The van der Waals surface area contributed by atoms with Crippen molar-refractivity contribution in [3.63, 3.8) is 0 Å². The first-order valence-corrected chi connectivity index (χ1v) is 6.75. The average Bonchev–Trinajstić information content (AvgIpc) is 2.40. The number of benzene rings is 1. The van der Waals surface area contributed by atoms with Crippen molar-refractivity contribution in [3.8, 4) is 0 Å². The first kappa shape index (κ1) is 17.2. The molecule has 1 unspecified atom stereocenters. The van der Waals surface area contributed by atoms with Crippen molar-refractivity contribution in [2.75, 3.05) is 0 Å². The van der Waals surface area contributed by atoms with E-state index in [1.165, 1.54) is 6.92 Å². The maximum atomic E-state index is 11.1. The molecule has 1 rings (SSSR count). The first-order valence-electron chi connectivity index (χ1n) is 6.75. The lowest BCUT2D eigenvalue weighted by atomic mass is 9.96. The summed E-state index contributed by atoms with van der Waals surface area (Å²) in [6.45, 7) is 13.3. The minimum atomic E-state index is -0.0204. The fraction of sp³-hybridized carbons (Fsp3) is 0.353. The van der Waals surface area contributed by atoms with Gasteiger partial charge in [0.1, 0.15) is 0 Å². The Balaban J connectivity index is 0.00000154. The highest BCUT2D eigenvalue weighted by Gasteiger charge is 2.11. The highest BCUT2D eigenvalue weighted by molar-refractivity contribution is 5.74. The number of carbonyl (C=O) groups excluding carboxylic acids is 1. The number of allylic oxidation sites excluding steroid dienone is 1. The third-order valence-electron chi connectivity index (χ3n) is 2.61. The predicted molar refractivity (Wildman–Crippen MR) is 84.8 cm³/mol. The lowest BCUT2D eigenvalue weighted by Crippen LogP contribution is -2.24. The lowest BCUT2D eigenvalue weighted by molar-refractivity contribution is -0.119. The maximum Gasteiger partial charge on any atom is 0.217 e. The minimum Gasteiger partial charge on any atom is -0.350 e. The van der Waals surface area contributed by atoms with Crippen molar-refractivity contribution in [1.82, 2.24) is 5.32 Å². The van der Waals surface area contributed by atoms with Gasteiger partial charge in [0.05, 0.1) is 6.04 Å². The van der Waals surface area contributed by atoms with E-state index in [1.807, 2.05) is 64.1 Å². The Morgan fingerprint density at radius 1 is 1.37 bits per heavy atom. The molecule has 0 radical (unpaired) electrons. The molecule has 104 valence electrons. The second-order valence-corrected chi connectivity index (χ2v) is 3.98. The van der Waals surface area contributed by atoms with Crippen LogP contribution in [0.5, 0.6) is 0 Å². The summed E-state index contributed by atoms with van der Waals surface area (Å²) in [7, 11) is 0. The standard InChI is InChI=1S/C15H19NO.C2H6/c1-5-8-15-13(6-2)9-7-10-14(15)11(3)16-12(4)17;1-2/h5-11H,2H2,1,3-4H3,(H,16,17);1-2H3/b8-5-;. The van der Waals surface area contributed by atoms with E-state index in [4.69, 9.17) is 0 Å². The first-order chi connectivity index (χ1) is 9.10. The van der Waals surface area contributed by atoms with Crippen molar-refractivity contribution in [2.24, 2.45) is 0 Å². The summed E-state index contributed by atoms with van der Waals surface area (Å²) in [5, 5.41) is 2.90. The second-order valence-electron chi connectivity index (χ2n) is 3.98. The van der Waals surface area contributed by atoms with Gasteiger partial charge in [-0.05, 0) is 30.5 Å². The van der Waals surface area contributed by atoms with E-state index in [-0.39, 0.29) is 11.9 Å². The summed E-state index contributed by atoms with van der Waals surface area (Å²) >= 11 is 0. The number of nitrogens with one attached hydrogen (secondary N) is 1. The van der Waals surface area contributed by atoms with Crippen LogP contribution in [-0.4, -0.2) is 5.91 Å². The van der Waals surface area contributed by atoms with Gasteiger partial charge >= 0.3 is 0 Å². The number of amides is 1. The van der Waals surface area contributed by atoms with Gasteiger partial charge in [-0.3, -0.25) is 4.79 Å². The Morgan fingerprint density at radius 2 is 2.00 bits per heavy atom.